The van der Waals surface area contributed by atoms with Crippen LogP contribution in [0.15, 0.2) is 18.2 Å². The van der Waals surface area contributed by atoms with Gasteiger partial charge in [-0.25, -0.2) is 0 Å². The lowest BCUT2D eigenvalue weighted by Gasteiger charge is -2.26. The molecule has 0 aromatic heterocycles. The number of rotatable bonds is 6. The average molecular weight is 263 g/mol. The second-order valence-electron chi connectivity index (χ2n) is 5.86. The van der Waals surface area contributed by atoms with Crippen LogP contribution in [0.3, 0.4) is 0 Å². The lowest BCUT2D eigenvalue weighted by atomic mass is 9.93. The summed E-state index contributed by atoms with van der Waals surface area (Å²) in [7, 11) is 3.80. The van der Waals surface area contributed by atoms with Gasteiger partial charge in [0.15, 0.2) is 0 Å². The van der Waals surface area contributed by atoms with Crippen molar-refractivity contribution < 1.29 is 9.47 Å². The third kappa shape index (κ3) is 3.56. The molecular weight excluding hydrogens is 238 g/mol. The Labute approximate surface area is 116 Å². The van der Waals surface area contributed by atoms with Crippen LogP contribution in [0.1, 0.15) is 49.4 Å². The zero-order valence-corrected chi connectivity index (χ0v) is 12.5. The van der Waals surface area contributed by atoms with Crippen LogP contribution >= 0.6 is 0 Å². The van der Waals surface area contributed by atoms with Crippen LogP contribution < -0.4 is 5.32 Å². The van der Waals surface area contributed by atoms with Crippen LogP contribution in [-0.4, -0.2) is 19.8 Å². The summed E-state index contributed by atoms with van der Waals surface area (Å²) in [5.74, 6) is 0. The zero-order chi connectivity index (χ0) is 13.9. The monoisotopic (exact) mass is 263 g/mol. The molecule has 0 saturated carbocycles. The van der Waals surface area contributed by atoms with Gasteiger partial charge < -0.3 is 14.8 Å². The van der Waals surface area contributed by atoms with E-state index < -0.39 is 0 Å². The van der Waals surface area contributed by atoms with E-state index in [1.165, 1.54) is 16.7 Å². The lowest BCUT2D eigenvalue weighted by molar-refractivity contribution is 0.0118. The molecule has 1 aliphatic heterocycles. The Morgan fingerprint density at radius 2 is 2.05 bits per heavy atom. The Kier molecular flexibility index (Phi) is 4.61. The second-order valence-corrected chi connectivity index (χ2v) is 5.86. The highest BCUT2D eigenvalue weighted by Crippen LogP contribution is 2.28. The van der Waals surface area contributed by atoms with Gasteiger partial charge in [-0.2, -0.15) is 0 Å². The summed E-state index contributed by atoms with van der Waals surface area (Å²) in [5, 5.41) is 3.41. The predicted molar refractivity (Wildman–Crippen MR) is 77.1 cm³/mol. The highest BCUT2D eigenvalue weighted by atomic mass is 16.5. The molecule has 2 rings (SSSR count). The van der Waals surface area contributed by atoms with E-state index in [0.717, 1.165) is 26.1 Å². The van der Waals surface area contributed by atoms with Gasteiger partial charge in [-0.1, -0.05) is 18.2 Å². The maximum atomic E-state index is 5.49. The van der Waals surface area contributed by atoms with E-state index in [1.807, 2.05) is 7.05 Å². The molecule has 0 spiro atoms. The molecule has 1 atom stereocenters. The van der Waals surface area contributed by atoms with Crippen LogP contribution in [0.4, 0.5) is 0 Å². The molecule has 0 bridgehead atoms. The highest BCUT2D eigenvalue weighted by Gasteiger charge is 2.20. The average Bonchev–Trinajstić information content (AvgIpc) is 2.87. The zero-order valence-electron chi connectivity index (χ0n) is 12.5. The van der Waals surface area contributed by atoms with E-state index in [1.54, 1.807) is 7.11 Å². The second kappa shape index (κ2) is 6.04. The molecule has 0 radical (unpaired) electrons. The van der Waals surface area contributed by atoms with Gasteiger partial charge in [-0.3, -0.25) is 0 Å². The van der Waals surface area contributed by atoms with Gasteiger partial charge in [-0.15, -0.1) is 0 Å². The number of methoxy groups -OCH3 is 1. The molecule has 19 heavy (non-hydrogen) atoms. The van der Waals surface area contributed by atoms with Crippen LogP contribution in [0.25, 0.3) is 0 Å². The molecule has 1 unspecified atom stereocenters. The predicted octanol–water partition coefficient (Wildman–Crippen LogP) is 3.18. The van der Waals surface area contributed by atoms with Crippen LogP contribution in [0.2, 0.25) is 0 Å². The summed E-state index contributed by atoms with van der Waals surface area (Å²) in [6.45, 7) is 5.78. The van der Waals surface area contributed by atoms with Crippen molar-refractivity contribution in [2.75, 3.05) is 14.2 Å². The SMILES string of the molecule is CNC(CCC(C)(C)OC)c1ccc2c(c1)COC2. The Morgan fingerprint density at radius 3 is 2.74 bits per heavy atom. The molecule has 1 aromatic rings. The Hall–Kier alpha value is -0.900. The van der Waals surface area contributed by atoms with E-state index in [-0.39, 0.29) is 5.60 Å². The van der Waals surface area contributed by atoms with E-state index in [4.69, 9.17) is 9.47 Å². The van der Waals surface area contributed by atoms with E-state index >= 15 is 0 Å². The number of nitrogens with one attached hydrogen (secondary N) is 1. The quantitative estimate of drug-likeness (QED) is 0.855. The Morgan fingerprint density at radius 1 is 1.32 bits per heavy atom. The number of ether oxygens (including phenoxy) is 2. The third-order valence-corrected chi connectivity index (χ3v) is 4.08. The van der Waals surface area contributed by atoms with Gasteiger partial charge in [-0.05, 0) is 50.4 Å². The third-order valence-electron chi connectivity index (χ3n) is 4.08. The fourth-order valence-corrected chi connectivity index (χ4v) is 2.48. The summed E-state index contributed by atoms with van der Waals surface area (Å²) < 4.78 is 11.0. The van der Waals surface area contributed by atoms with Gasteiger partial charge in [0.05, 0.1) is 18.8 Å². The van der Waals surface area contributed by atoms with Gasteiger partial charge in [0.25, 0.3) is 0 Å². The maximum Gasteiger partial charge on any atom is 0.0725 e. The summed E-state index contributed by atoms with van der Waals surface area (Å²) in [6.07, 6.45) is 2.10. The summed E-state index contributed by atoms with van der Waals surface area (Å²) >= 11 is 0. The van der Waals surface area contributed by atoms with Crippen LogP contribution in [0, 0.1) is 0 Å². The van der Waals surface area contributed by atoms with Gasteiger partial charge in [0.1, 0.15) is 0 Å². The van der Waals surface area contributed by atoms with Crippen LogP contribution in [-0.2, 0) is 22.7 Å². The van der Waals surface area contributed by atoms with Crippen molar-refractivity contribution >= 4 is 0 Å². The van der Waals surface area contributed by atoms with Gasteiger partial charge in [0.2, 0.25) is 0 Å². The smallest absolute Gasteiger partial charge is 0.0725 e. The van der Waals surface area contributed by atoms with Crippen molar-refractivity contribution in [3.8, 4) is 0 Å². The molecule has 1 aromatic carbocycles. The van der Waals surface area contributed by atoms with Gasteiger partial charge >= 0.3 is 0 Å². The fraction of sp³-hybridized carbons (Fsp3) is 0.625. The first-order valence-corrected chi connectivity index (χ1v) is 6.97. The first kappa shape index (κ1) is 14.5. The molecule has 1 N–H and O–H groups in total. The number of hydrogen-bond donors (Lipinski definition) is 1. The standard InChI is InChI=1S/C16H25NO2/c1-16(2,18-4)8-7-15(17-3)12-5-6-13-10-19-11-14(13)9-12/h5-6,9,15,17H,7-8,10-11H2,1-4H3. The lowest BCUT2D eigenvalue weighted by Crippen LogP contribution is -2.26. The number of benzene rings is 1. The van der Waals surface area contributed by atoms with Crippen molar-refractivity contribution in [3.05, 3.63) is 34.9 Å². The molecule has 1 aliphatic rings. The minimum absolute atomic E-state index is 0.0606. The Bertz CT molecular complexity index is 429. The van der Waals surface area contributed by atoms with Crippen molar-refractivity contribution in [2.45, 2.75) is 51.5 Å². The largest absolute Gasteiger partial charge is 0.379 e. The first-order chi connectivity index (χ1) is 9.05. The van der Waals surface area contributed by atoms with Crippen molar-refractivity contribution in [1.29, 1.82) is 0 Å². The van der Waals surface area contributed by atoms with E-state index in [0.29, 0.717) is 6.04 Å². The first-order valence-electron chi connectivity index (χ1n) is 6.97. The molecule has 0 amide bonds. The van der Waals surface area contributed by atoms with Crippen molar-refractivity contribution in [2.24, 2.45) is 0 Å². The van der Waals surface area contributed by atoms with Crippen molar-refractivity contribution in [1.82, 2.24) is 5.32 Å². The minimum Gasteiger partial charge on any atom is -0.379 e. The summed E-state index contributed by atoms with van der Waals surface area (Å²) in [6, 6.07) is 7.07. The summed E-state index contributed by atoms with van der Waals surface area (Å²) in [5.41, 5.74) is 3.95. The molecule has 3 nitrogen and oxygen atoms in total. The molecule has 3 heteroatoms. The topological polar surface area (TPSA) is 30.5 Å². The van der Waals surface area contributed by atoms with E-state index in [2.05, 4.69) is 37.4 Å². The van der Waals surface area contributed by atoms with Gasteiger partial charge in [0, 0.05) is 13.2 Å². The molecule has 106 valence electrons. The van der Waals surface area contributed by atoms with Crippen molar-refractivity contribution in [3.63, 3.8) is 0 Å². The highest BCUT2D eigenvalue weighted by molar-refractivity contribution is 5.34. The normalized spacial score (nSPS) is 16.4. The number of fused-ring (bicyclic) bond motifs is 1. The maximum absolute atomic E-state index is 5.49. The molecule has 1 heterocycles. The fourth-order valence-electron chi connectivity index (χ4n) is 2.48. The number of hydrogen-bond acceptors (Lipinski definition) is 3. The van der Waals surface area contributed by atoms with Crippen LogP contribution in [0.5, 0.6) is 0 Å². The minimum atomic E-state index is -0.0606. The molecule has 0 saturated heterocycles. The Balaban J connectivity index is 2.05. The molecule has 0 fully saturated rings. The molecular formula is C16H25NO2. The van der Waals surface area contributed by atoms with E-state index in [9.17, 15) is 0 Å². The summed E-state index contributed by atoms with van der Waals surface area (Å²) in [4.78, 5) is 0. The molecule has 0 aliphatic carbocycles.